The third-order valence-corrected chi connectivity index (χ3v) is 7.39. The van der Waals surface area contributed by atoms with Gasteiger partial charge >= 0.3 is 0 Å². The van der Waals surface area contributed by atoms with Crippen molar-refractivity contribution in [2.45, 2.75) is 38.1 Å². The molecule has 0 spiro atoms. The van der Waals surface area contributed by atoms with Gasteiger partial charge in [-0.15, -0.1) is 22.0 Å². The lowest BCUT2D eigenvalue weighted by Gasteiger charge is -2.22. The molecule has 0 bridgehead atoms. The van der Waals surface area contributed by atoms with E-state index in [-0.39, 0.29) is 17.1 Å². The zero-order valence-electron chi connectivity index (χ0n) is 18.8. The van der Waals surface area contributed by atoms with E-state index in [4.69, 9.17) is 4.42 Å². The fourth-order valence-electron chi connectivity index (χ4n) is 4.16. The number of aryl methyl sites for hydroxylation is 1. The average molecular weight is 478 g/mol. The Balaban J connectivity index is 1.73. The van der Waals surface area contributed by atoms with Crippen LogP contribution in [0.4, 0.5) is 5.13 Å². The summed E-state index contributed by atoms with van der Waals surface area (Å²) in [5, 5.41) is 10.5. The minimum absolute atomic E-state index is 0.0795. The van der Waals surface area contributed by atoms with Crippen LogP contribution in [0.15, 0.2) is 56.6 Å². The van der Waals surface area contributed by atoms with Crippen LogP contribution in [0, 0.1) is 12.8 Å². The molecular formula is C25H23N3O3S2. The van der Waals surface area contributed by atoms with E-state index in [1.807, 2.05) is 49.6 Å². The van der Waals surface area contributed by atoms with Crippen LogP contribution >= 0.6 is 23.1 Å². The van der Waals surface area contributed by atoms with Crippen molar-refractivity contribution in [1.29, 1.82) is 0 Å². The topological polar surface area (TPSA) is 76.3 Å². The second kappa shape index (κ2) is 8.43. The number of rotatable bonds is 5. The van der Waals surface area contributed by atoms with Crippen LogP contribution in [0.3, 0.4) is 0 Å². The molecule has 0 fully saturated rings. The largest absolute Gasteiger partial charge is 0.450 e. The number of hydrogen-bond acceptors (Lipinski definition) is 7. The average Bonchev–Trinajstić information content (AvgIpc) is 3.36. The lowest BCUT2D eigenvalue weighted by molar-refractivity contribution is 0.0970. The van der Waals surface area contributed by atoms with Crippen LogP contribution in [0.2, 0.25) is 0 Å². The SMILES string of the molecule is CSc1ccc([C@H]2c3c(oc4ccc(C)cc4c3=O)C(=O)N2c2nnc(CC(C)C)s2)cc1. The Kier molecular flexibility index (Phi) is 5.58. The Morgan fingerprint density at radius 2 is 1.88 bits per heavy atom. The first-order valence-electron chi connectivity index (χ1n) is 10.7. The Hall–Kier alpha value is -2.97. The summed E-state index contributed by atoms with van der Waals surface area (Å²) in [5.74, 6) is 0.135. The molecule has 0 aliphatic carbocycles. The van der Waals surface area contributed by atoms with E-state index in [0.29, 0.717) is 27.6 Å². The van der Waals surface area contributed by atoms with Crippen molar-refractivity contribution < 1.29 is 9.21 Å². The number of hydrogen-bond donors (Lipinski definition) is 0. The van der Waals surface area contributed by atoms with Gasteiger partial charge in [-0.1, -0.05) is 48.9 Å². The highest BCUT2D eigenvalue weighted by Gasteiger charge is 2.45. The number of amides is 1. The van der Waals surface area contributed by atoms with Crippen molar-refractivity contribution in [3.05, 3.63) is 80.1 Å². The predicted molar refractivity (Wildman–Crippen MR) is 133 cm³/mol. The number of fused-ring (bicyclic) bond motifs is 2. The quantitative estimate of drug-likeness (QED) is 0.347. The van der Waals surface area contributed by atoms with Gasteiger partial charge in [-0.2, -0.15) is 0 Å². The van der Waals surface area contributed by atoms with E-state index in [1.54, 1.807) is 22.7 Å². The van der Waals surface area contributed by atoms with E-state index >= 15 is 0 Å². The van der Waals surface area contributed by atoms with E-state index in [0.717, 1.165) is 27.5 Å². The minimum atomic E-state index is -0.621. The highest BCUT2D eigenvalue weighted by atomic mass is 32.2. The standard InChI is InChI=1S/C25H23N3O3S2/c1-13(2)11-19-26-27-25(33-19)28-21(15-6-8-16(32-4)9-7-15)20-22(29)17-12-14(3)5-10-18(17)31-23(20)24(28)30/h5-10,12-13,21H,11H2,1-4H3/t21-/m0/s1. The molecule has 0 saturated carbocycles. The summed E-state index contributed by atoms with van der Waals surface area (Å²) in [5.41, 5.74) is 2.38. The van der Waals surface area contributed by atoms with E-state index in [9.17, 15) is 9.59 Å². The normalized spacial score (nSPS) is 15.6. The molecule has 2 aromatic carbocycles. The maximum absolute atomic E-state index is 13.7. The maximum Gasteiger partial charge on any atom is 0.297 e. The Morgan fingerprint density at radius 1 is 1.12 bits per heavy atom. The molecule has 5 rings (SSSR count). The molecule has 1 aliphatic heterocycles. The van der Waals surface area contributed by atoms with Crippen molar-refractivity contribution in [2.24, 2.45) is 5.92 Å². The molecule has 8 heteroatoms. The van der Waals surface area contributed by atoms with Crippen molar-refractivity contribution in [3.63, 3.8) is 0 Å². The van der Waals surface area contributed by atoms with Crippen LogP contribution in [-0.4, -0.2) is 22.4 Å². The molecule has 6 nitrogen and oxygen atoms in total. The second-order valence-corrected chi connectivity index (χ2v) is 10.5. The Bertz CT molecular complexity index is 1420. The van der Waals surface area contributed by atoms with Gasteiger partial charge in [-0.3, -0.25) is 14.5 Å². The summed E-state index contributed by atoms with van der Waals surface area (Å²) < 4.78 is 6.03. The predicted octanol–water partition coefficient (Wildman–Crippen LogP) is 5.62. The first-order chi connectivity index (χ1) is 15.9. The molecule has 0 N–H and O–H groups in total. The van der Waals surface area contributed by atoms with Crippen LogP contribution in [0.25, 0.3) is 11.0 Å². The molecule has 4 aromatic rings. The first-order valence-corrected chi connectivity index (χ1v) is 12.8. The van der Waals surface area contributed by atoms with E-state index in [2.05, 4.69) is 24.0 Å². The highest BCUT2D eigenvalue weighted by Crippen LogP contribution is 2.42. The molecular weight excluding hydrogens is 454 g/mol. The van der Waals surface area contributed by atoms with Crippen molar-refractivity contribution in [3.8, 4) is 0 Å². The molecule has 0 saturated heterocycles. The summed E-state index contributed by atoms with van der Waals surface area (Å²) in [7, 11) is 0. The third kappa shape index (κ3) is 3.77. The number of nitrogens with zero attached hydrogens (tertiary/aromatic N) is 3. The van der Waals surface area contributed by atoms with Crippen molar-refractivity contribution >= 4 is 45.1 Å². The maximum atomic E-state index is 13.7. The molecule has 33 heavy (non-hydrogen) atoms. The molecule has 0 unspecified atom stereocenters. The van der Waals surface area contributed by atoms with Gasteiger partial charge in [0.05, 0.1) is 17.0 Å². The summed E-state index contributed by atoms with van der Waals surface area (Å²) in [6.45, 7) is 6.16. The fraction of sp³-hybridized carbons (Fsp3) is 0.280. The lowest BCUT2D eigenvalue weighted by atomic mass is 9.98. The van der Waals surface area contributed by atoms with Crippen LogP contribution in [-0.2, 0) is 6.42 Å². The number of thioether (sulfide) groups is 1. The van der Waals surface area contributed by atoms with E-state index < -0.39 is 6.04 Å². The van der Waals surface area contributed by atoms with Gasteiger partial charge in [0.25, 0.3) is 5.91 Å². The molecule has 2 aromatic heterocycles. The van der Waals surface area contributed by atoms with Gasteiger partial charge in [0.1, 0.15) is 10.6 Å². The van der Waals surface area contributed by atoms with Gasteiger partial charge in [0, 0.05) is 11.3 Å². The molecule has 1 amide bonds. The van der Waals surface area contributed by atoms with Crippen LogP contribution in [0.5, 0.6) is 0 Å². The highest BCUT2D eigenvalue weighted by molar-refractivity contribution is 7.98. The van der Waals surface area contributed by atoms with Gasteiger partial charge in [0.2, 0.25) is 10.9 Å². The number of aromatic nitrogens is 2. The zero-order chi connectivity index (χ0) is 23.3. The second-order valence-electron chi connectivity index (χ2n) is 8.60. The minimum Gasteiger partial charge on any atom is -0.450 e. The van der Waals surface area contributed by atoms with Crippen LogP contribution in [0.1, 0.15) is 52.1 Å². The number of carbonyl (C=O) groups excluding carboxylic acids is 1. The molecule has 3 heterocycles. The number of anilines is 1. The zero-order valence-corrected chi connectivity index (χ0v) is 20.4. The molecule has 1 atom stereocenters. The van der Waals surface area contributed by atoms with Gasteiger partial charge in [-0.25, -0.2) is 0 Å². The summed E-state index contributed by atoms with van der Waals surface area (Å²) in [6, 6.07) is 12.7. The lowest BCUT2D eigenvalue weighted by Crippen LogP contribution is -2.29. The summed E-state index contributed by atoms with van der Waals surface area (Å²) in [4.78, 5) is 30.0. The number of benzene rings is 2. The first kappa shape index (κ1) is 21.9. The summed E-state index contributed by atoms with van der Waals surface area (Å²) >= 11 is 3.02. The molecule has 168 valence electrons. The van der Waals surface area contributed by atoms with Crippen LogP contribution < -0.4 is 10.3 Å². The molecule has 1 aliphatic rings. The smallest absolute Gasteiger partial charge is 0.297 e. The Morgan fingerprint density at radius 3 is 2.58 bits per heavy atom. The van der Waals surface area contributed by atoms with Gasteiger partial charge in [-0.05, 0) is 48.9 Å². The van der Waals surface area contributed by atoms with E-state index in [1.165, 1.54) is 11.3 Å². The van der Waals surface area contributed by atoms with Crippen molar-refractivity contribution in [2.75, 3.05) is 11.2 Å². The van der Waals surface area contributed by atoms with Gasteiger partial charge < -0.3 is 4.42 Å². The number of carbonyl (C=O) groups is 1. The third-order valence-electron chi connectivity index (χ3n) is 5.70. The van der Waals surface area contributed by atoms with Gasteiger partial charge in [0.15, 0.2) is 5.43 Å². The Labute approximate surface area is 199 Å². The van der Waals surface area contributed by atoms with Crippen molar-refractivity contribution in [1.82, 2.24) is 10.2 Å². The monoisotopic (exact) mass is 477 g/mol. The molecule has 0 radical (unpaired) electrons. The fourth-order valence-corrected chi connectivity index (χ4v) is 5.65. The summed E-state index contributed by atoms with van der Waals surface area (Å²) in [6.07, 6.45) is 2.79.